The molecule has 0 saturated heterocycles. The van der Waals surface area contributed by atoms with Crippen LogP contribution in [-0.2, 0) is 12.8 Å². The minimum absolute atomic E-state index is 0.538. The van der Waals surface area contributed by atoms with E-state index in [1.54, 1.807) is 0 Å². The zero-order valence-electron chi connectivity index (χ0n) is 9.27. The molecular weight excluding hydrogens is 218 g/mol. The zero-order valence-corrected chi connectivity index (χ0v) is 9.27. The van der Waals surface area contributed by atoms with E-state index in [0.717, 1.165) is 36.9 Å². The summed E-state index contributed by atoms with van der Waals surface area (Å²) in [5.41, 5.74) is 4.83. The van der Waals surface area contributed by atoms with Crippen LogP contribution in [0.15, 0.2) is 6.33 Å². The maximum Gasteiger partial charge on any atom is 0.199 e. The van der Waals surface area contributed by atoms with Crippen molar-refractivity contribution in [3.05, 3.63) is 17.6 Å². The Kier molecular flexibility index (Phi) is 2.45. The molecule has 2 heterocycles. The number of H-pyrrole nitrogens is 1. The summed E-state index contributed by atoms with van der Waals surface area (Å²) in [6.07, 6.45) is 5.70. The van der Waals surface area contributed by atoms with Gasteiger partial charge in [0.25, 0.3) is 0 Å². The van der Waals surface area contributed by atoms with Gasteiger partial charge in [0.15, 0.2) is 11.6 Å². The van der Waals surface area contributed by atoms with Gasteiger partial charge in [-0.05, 0) is 25.7 Å². The van der Waals surface area contributed by atoms with Crippen LogP contribution in [0.1, 0.15) is 24.1 Å². The largest absolute Gasteiger partial charge is 0.308 e. The number of nitrogens with zero attached hydrogens (tertiary/aromatic N) is 4. The Morgan fingerprint density at radius 2 is 2.12 bits per heavy atom. The molecule has 3 rings (SSSR count). The van der Waals surface area contributed by atoms with E-state index in [2.05, 4.69) is 30.6 Å². The van der Waals surface area contributed by atoms with Crippen molar-refractivity contribution in [1.29, 1.82) is 0 Å². The van der Waals surface area contributed by atoms with E-state index in [1.807, 2.05) is 0 Å². The molecule has 7 heteroatoms. The molecule has 88 valence electrons. The highest BCUT2D eigenvalue weighted by atomic mass is 15.3. The number of hydrogen-bond donors (Lipinski definition) is 3. The van der Waals surface area contributed by atoms with Gasteiger partial charge in [0.2, 0.25) is 0 Å². The van der Waals surface area contributed by atoms with E-state index in [-0.39, 0.29) is 0 Å². The number of anilines is 1. The van der Waals surface area contributed by atoms with Crippen LogP contribution >= 0.6 is 0 Å². The van der Waals surface area contributed by atoms with E-state index in [9.17, 15) is 0 Å². The second-order valence-electron chi connectivity index (χ2n) is 4.01. The first-order valence-electron chi connectivity index (χ1n) is 5.60. The molecule has 1 aliphatic carbocycles. The number of nitrogens with two attached hydrogens (primary N) is 1. The summed E-state index contributed by atoms with van der Waals surface area (Å²) in [6.45, 7) is 0. The third-order valence-corrected chi connectivity index (χ3v) is 2.95. The third kappa shape index (κ3) is 1.74. The van der Waals surface area contributed by atoms with Gasteiger partial charge in [-0.1, -0.05) is 0 Å². The Hall–Kier alpha value is -2.02. The lowest BCUT2D eigenvalue weighted by Gasteiger charge is -2.17. The highest BCUT2D eigenvalue weighted by Gasteiger charge is 2.18. The SMILES string of the molecule is NNc1nc(-c2ncn[nH]2)nc2c1CCCC2. The monoisotopic (exact) mass is 231 g/mol. The predicted molar refractivity (Wildman–Crippen MR) is 61.9 cm³/mol. The summed E-state index contributed by atoms with van der Waals surface area (Å²) in [5, 5.41) is 6.56. The molecule has 1 aliphatic rings. The maximum absolute atomic E-state index is 5.51. The fraction of sp³-hybridized carbons (Fsp3) is 0.400. The lowest BCUT2D eigenvalue weighted by molar-refractivity contribution is 0.664. The van der Waals surface area contributed by atoms with Crippen molar-refractivity contribution in [2.24, 2.45) is 5.84 Å². The summed E-state index contributed by atoms with van der Waals surface area (Å²) >= 11 is 0. The lowest BCUT2D eigenvalue weighted by Crippen LogP contribution is -2.17. The van der Waals surface area contributed by atoms with Gasteiger partial charge in [0.1, 0.15) is 12.1 Å². The van der Waals surface area contributed by atoms with Gasteiger partial charge in [0, 0.05) is 11.3 Å². The molecule has 0 unspecified atom stereocenters. The van der Waals surface area contributed by atoms with Crippen molar-refractivity contribution in [3.63, 3.8) is 0 Å². The highest BCUT2D eigenvalue weighted by Crippen LogP contribution is 2.26. The fourth-order valence-corrected chi connectivity index (χ4v) is 2.13. The van der Waals surface area contributed by atoms with Crippen LogP contribution in [0.4, 0.5) is 5.82 Å². The molecule has 0 bridgehead atoms. The minimum atomic E-state index is 0.538. The third-order valence-electron chi connectivity index (χ3n) is 2.95. The smallest absolute Gasteiger partial charge is 0.199 e. The Balaban J connectivity index is 2.12. The molecule has 7 nitrogen and oxygen atoms in total. The summed E-state index contributed by atoms with van der Waals surface area (Å²) in [5.74, 6) is 7.31. The van der Waals surface area contributed by atoms with Gasteiger partial charge >= 0.3 is 0 Å². The second kappa shape index (κ2) is 4.10. The highest BCUT2D eigenvalue weighted by molar-refractivity contribution is 5.54. The molecule has 2 aromatic rings. The van der Waals surface area contributed by atoms with Gasteiger partial charge in [-0.15, -0.1) is 0 Å². The van der Waals surface area contributed by atoms with Crippen molar-refractivity contribution < 1.29 is 0 Å². The van der Waals surface area contributed by atoms with Crippen molar-refractivity contribution >= 4 is 5.82 Å². The summed E-state index contributed by atoms with van der Waals surface area (Å²) < 4.78 is 0. The van der Waals surface area contributed by atoms with Gasteiger partial charge in [-0.25, -0.2) is 20.8 Å². The first kappa shape index (κ1) is 10.2. The number of aromatic nitrogens is 5. The Morgan fingerprint density at radius 1 is 1.24 bits per heavy atom. The molecule has 0 amide bonds. The number of nitrogen functional groups attached to an aromatic ring is 1. The van der Waals surface area contributed by atoms with Crippen molar-refractivity contribution in [2.75, 3.05) is 5.43 Å². The minimum Gasteiger partial charge on any atom is -0.308 e. The van der Waals surface area contributed by atoms with Gasteiger partial charge in [0.05, 0.1) is 0 Å². The molecule has 0 aromatic carbocycles. The zero-order chi connectivity index (χ0) is 11.7. The number of fused-ring (bicyclic) bond motifs is 1. The van der Waals surface area contributed by atoms with Crippen molar-refractivity contribution in [3.8, 4) is 11.6 Å². The number of aromatic amines is 1. The molecule has 2 aromatic heterocycles. The first-order chi connectivity index (χ1) is 8.38. The number of hydrazine groups is 1. The van der Waals surface area contributed by atoms with Crippen LogP contribution in [0.3, 0.4) is 0 Å². The Morgan fingerprint density at radius 3 is 2.88 bits per heavy atom. The Bertz CT molecular complexity index is 502. The molecule has 4 N–H and O–H groups in total. The number of hydrogen-bond acceptors (Lipinski definition) is 6. The topological polar surface area (TPSA) is 105 Å². The van der Waals surface area contributed by atoms with E-state index in [0.29, 0.717) is 17.5 Å². The van der Waals surface area contributed by atoms with Crippen molar-refractivity contribution in [1.82, 2.24) is 25.1 Å². The predicted octanol–water partition coefficient (Wildman–Crippen LogP) is 0.426. The standard InChI is InChI=1S/C10H13N7/c11-16-8-6-3-1-2-4-7(6)14-10(15-8)9-12-5-13-17-9/h5H,1-4,11H2,(H,12,13,17)(H,14,15,16). The molecule has 0 atom stereocenters. The van der Waals surface area contributed by atoms with E-state index < -0.39 is 0 Å². The molecule has 0 fully saturated rings. The normalized spacial score (nSPS) is 14.4. The maximum atomic E-state index is 5.51. The molecule has 0 saturated carbocycles. The van der Waals surface area contributed by atoms with E-state index in [4.69, 9.17) is 5.84 Å². The summed E-state index contributed by atoms with van der Waals surface area (Å²) in [7, 11) is 0. The van der Waals surface area contributed by atoms with Crippen LogP contribution in [0.5, 0.6) is 0 Å². The number of nitrogens with one attached hydrogen (secondary N) is 2. The van der Waals surface area contributed by atoms with Crippen LogP contribution < -0.4 is 11.3 Å². The van der Waals surface area contributed by atoms with E-state index >= 15 is 0 Å². The first-order valence-corrected chi connectivity index (χ1v) is 5.60. The second-order valence-corrected chi connectivity index (χ2v) is 4.01. The Labute approximate surface area is 97.9 Å². The lowest BCUT2D eigenvalue weighted by atomic mass is 9.96. The van der Waals surface area contributed by atoms with Gasteiger partial charge in [-0.2, -0.15) is 5.10 Å². The average molecular weight is 231 g/mol. The molecule has 0 aliphatic heterocycles. The molecule has 17 heavy (non-hydrogen) atoms. The van der Waals surface area contributed by atoms with Crippen LogP contribution in [0, 0.1) is 0 Å². The average Bonchev–Trinajstić information content (AvgIpc) is 2.91. The fourth-order valence-electron chi connectivity index (χ4n) is 2.13. The van der Waals surface area contributed by atoms with Gasteiger partial charge in [-0.3, -0.25) is 5.10 Å². The molecular formula is C10H13N7. The quantitative estimate of drug-likeness (QED) is 0.511. The van der Waals surface area contributed by atoms with Crippen LogP contribution in [-0.4, -0.2) is 25.1 Å². The van der Waals surface area contributed by atoms with Gasteiger partial charge < -0.3 is 5.43 Å². The van der Waals surface area contributed by atoms with Crippen molar-refractivity contribution in [2.45, 2.75) is 25.7 Å². The molecule has 0 radical (unpaired) electrons. The van der Waals surface area contributed by atoms with Crippen LogP contribution in [0.2, 0.25) is 0 Å². The van der Waals surface area contributed by atoms with Crippen LogP contribution in [0.25, 0.3) is 11.6 Å². The number of aryl methyl sites for hydroxylation is 1. The summed E-state index contributed by atoms with van der Waals surface area (Å²) in [4.78, 5) is 12.9. The number of rotatable bonds is 2. The summed E-state index contributed by atoms with van der Waals surface area (Å²) in [6, 6.07) is 0. The van der Waals surface area contributed by atoms with E-state index in [1.165, 1.54) is 6.33 Å². The molecule has 0 spiro atoms.